The molecular formula is C16H13F6NO. The van der Waals surface area contributed by atoms with Crippen molar-refractivity contribution in [2.45, 2.75) is 25.4 Å². The minimum atomic E-state index is -4.43. The van der Waals surface area contributed by atoms with Crippen LogP contribution in [0.25, 0.3) is 0 Å². The van der Waals surface area contributed by atoms with Gasteiger partial charge in [-0.2, -0.15) is 31.4 Å². The Labute approximate surface area is 133 Å². The molecule has 0 radical (unpaired) electrons. The summed E-state index contributed by atoms with van der Waals surface area (Å²) >= 11 is 0. The molecule has 0 aromatic heterocycles. The van der Waals surface area contributed by atoms with Gasteiger partial charge in [-0.05, 0) is 35.4 Å². The van der Waals surface area contributed by atoms with E-state index in [1.54, 1.807) is 0 Å². The molecule has 0 fully saturated rings. The normalized spacial score (nSPS) is 12.7. The monoisotopic (exact) mass is 349 g/mol. The summed E-state index contributed by atoms with van der Waals surface area (Å²) in [5.74, 6) is 0. The summed E-state index contributed by atoms with van der Waals surface area (Å²) in [6.45, 7) is -0.113. The van der Waals surface area contributed by atoms with Gasteiger partial charge in [0.2, 0.25) is 0 Å². The van der Waals surface area contributed by atoms with Gasteiger partial charge >= 0.3 is 12.4 Å². The van der Waals surface area contributed by atoms with E-state index in [9.17, 15) is 31.5 Å². The van der Waals surface area contributed by atoms with Gasteiger partial charge in [0, 0.05) is 13.1 Å². The van der Waals surface area contributed by atoms with Crippen molar-refractivity contribution in [1.29, 1.82) is 0 Å². The Kier molecular flexibility index (Phi) is 5.19. The first-order valence-electron chi connectivity index (χ1n) is 6.82. The molecule has 0 unspecified atom stereocenters. The van der Waals surface area contributed by atoms with E-state index >= 15 is 0 Å². The van der Waals surface area contributed by atoms with E-state index in [2.05, 4.69) is 0 Å². The Bertz CT molecular complexity index is 601. The smallest absolute Gasteiger partial charge is 0.313 e. The predicted octanol–water partition coefficient (Wildman–Crippen LogP) is 5.12. The second kappa shape index (κ2) is 6.82. The zero-order valence-electron chi connectivity index (χ0n) is 12.2. The third-order valence-corrected chi connectivity index (χ3v) is 3.29. The minimum absolute atomic E-state index is 0.0564. The summed E-state index contributed by atoms with van der Waals surface area (Å²) in [5.41, 5.74) is -0.702. The molecule has 8 heteroatoms. The number of alkyl halides is 6. The van der Waals surface area contributed by atoms with E-state index < -0.39 is 23.5 Å². The molecule has 0 aliphatic rings. The van der Waals surface area contributed by atoms with Gasteiger partial charge in [-0.15, -0.1) is 0 Å². The van der Waals surface area contributed by atoms with Crippen LogP contribution in [0.2, 0.25) is 0 Å². The zero-order valence-corrected chi connectivity index (χ0v) is 12.2. The Balaban J connectivity index is 1.97. The first-order valence-corrected chi connectivity index (χ1v) is 6.82. The summed E-state index contributed by atoms with van der Waals surface area (Å²) < 4.78 is 74.7. The van der Waals surface area contributed by atoms with Crippen molar-refractivity contribution >= 4 is 0 Å². The molecule has 2 aromatic carbocycles. The molecule has 24 heavy (non-hydrogen) atoms. The molecular weight excluding hydrogens is 336 g/mol. The molecule has 2 aromatic rings. The van der Waals surface area contributed by atoms with Crippen LogP contribution >= 0.6 is 0 Å². The van der Waals surface area contributed by atoms with Gasteiger partial charge in [-0.25, -0.2) is 0 Å². The van der Waals surface area contributed by atoms with Gasteiger partial charge in [0.05, 0.1) is 11.1 Å². The highest BCUT2D eigenvalue weighted by Gasteiger charge is 2.30. The first-order chi connectivity index (χ1) is 11.1. The highest BCUT2D eigenvalue weighted by atomic mass is 19.4. The van der Waals surface area contributed by atoms with E-state index in [0.717, 1.165) is 29.3 Å². The van der Waals surface area contributed by atoms with Gasteiger partial charge in [0.15, 0.2) is 0 Å². The fraction of sp³-hybridized carbons (Fsp3) is 0.250. The highest BCUT2D eigenvalue weighted by Crippen LogP contribution is 2.30. The quantitative estimate of drug-likeness (QED) is 0.612. The van der Waals surface area contributed by atoms with E-state index in [0.29, 0.717) is 11.1 Å². The molecule has 0 aliphatic carbocycles. The maximum atomic E-state index is 12.4. The fourth-order valence-electron chi connectivity index (χ4n) is 2.08. The van der Waals surface area contributed by atoms with Crippen LogP contribution in [0, 0.1) is 0 Å². The lowest BCUT2D eigenvalue weighted by Crippen LogP contribution is -2.18. The zero-order chi connectivity index (χ0) is 18.0. The van der Waals surface area contributed by atoms with Crippen molar-refractivity contribution in [2.75, 3.05) is 0 Å². The number of hydrogen-bond donors (Lipinski definition) is 1. The van der Waals surface area contributed by atoms with E-state index in [1.165, 1.54) is 24.3 Å². The molecule has 0 bridgehead atoms. The van der Waals surface area contributed by atoms with Crippen molar-refractivity contribution in [3.05, 3.63) is 70.8 Å². The van der Waals surface area contributed by atoms with E-state index in [1.807, 2.05) is 0 Å². The van der Waals surface area contributed by atoms with Crippen LogP contribution in [0.1, 0.15) is 22.3 Å². The predicted molar refractivity (Wildman–Crippen MR) is 73.9 cm³/mol. The number of benzene rings is 2. The molecule has 0 heterocycles. The summed E-state index contributed by atoms with van der Waals surface area (Å²) in [6, 6.07) is 8.56. The number of rotatable bonds is 4. The van der Waals surface area contributed by atoms with E-state index in [4.69, 9.17) is 0 Å². The average Bonchev–Trinajstić information content (AvgIpc) is 2.46. The fourth-order valence-corrected chi connectivity index (χ4v) is 2.08. The third-order valence-electron chi connectivity index (χ3n) is 3.29. The maximum Gasteiger partial charge on any atom is 0.416 e. The van der Waals surface area contributed by atoms with Crippen molar-refractivity contribution in [3.63, 3.8) is 0 Å². The summed E-state index contributed by atoms with van der Waals surface area (Å²) in [5, 5.41) is 10.6. The standard InChI is InChI=1S/C16H13F6NO/c17-15(18,19)13-5-1-11(2-6-13)9-23(24)10-12-3-7-14(8-4-12)16(20,21)22/h1-8,24H,9-10H2. The number of hydroxylamine groups is 2. The molecule has 130 valence electrons. The van der Waals surface area contributed by atoms with Gasteiger partial charge in [-0.3, -0.25) is 0 Å². The number of nitrogens with zero attached hydrogens (tertiary/aromatic N) is 1. The molecule has 0 spiro atoms. The molecule has 0 saturated carbocycles. The van der Waals surface area contributed by atoms with Crippen LogP contribution in [0.3, 0.4) is 0 Å². The van der Waals surface area contributed by atoms with Crippen LogP contribution in [0.15, 0.2) is 48.5 Å². The molecule has 2 nitrogen and oxygen atoms in total. The Hall–Kier alpha value is -2.06. The molecule has 0 amide bonds. The van der Waals surface area contributed by atoms with Crippen molar-refractivity contribution in [1.82, 2.24) is 5.06 Å². The second-order valence-electron chi connectivity index (χ2n) is 5.21. The van der Waals surface area contributed by atoms with Crippen molar-refractivity contribution < 1.29 is 31.5 Å². The van der Waals surface area contributed by atoms with E-state index in [-0.39, 0.29) is 13.1 Å². The van der Waals surface area contributed by atoms with Crippen LogP contribution in [0.5, 0.6) is 0 Å². The summed E-state index contributed by atoms with van der Waals surface area (Å²) in [4.78, 5) is 0. The average molecular weight is 349 g/mol. The van der Waals surface area contributed by atoms with Crippen molar-refractivity contribution in [3.8, 4) is 0 Å². The van der Waals surface area contributed by atoms with Gasteiger partial charge in [-0.1, -0.05) is 24.3 Å². The molecule has 0 saturated heterocycles. The highest BCUT2D eigenvalue weighted by molar-refractivity contribution is 5.26. The molecule has 0 aliphatic heterocycles. The molecule has 1 N–H and O–H groups in total. The Morgan fingerprint density at radius 1 is 0.625 bits per heavy atom. The van der Waals surface area contributed by atoms with Gasteiger partial charge in [0.25, 0.3) is 0 Å². The van der Waals surface area contributed by atoms with Crippen molar-refractivity contribution in [2.24, 2.45) is 0 Å². The van der Waals surface area contributed by atoms with Crippen LogP contribution in [-0.2, 0) is 25.4 Å². The van der Waals surface area contributed by atoms with Gasteiger partial charge < -0.3 is 5.21 Å². The SMILES string of the molecule is ON(Cc1ccc(C(F)(F)F)cc1)Cc1ccc(C(F)(F)F)cc1. The number of halogens is 6. The maximum absolute atomic E-state index is 12.4. The minimum Gasteiger partial charge on any atom is -0.313 e. The number of hydrogen-bond acceptors (Lipinski definition) is 2. The lowest BCUT2D eigenvalue weighted by atomic mass is 10.1. The lowest BCUT2D eigenvalue weighted by molar-refractivity contribution is -0.138. The summed E-state index contributed by atoms with van der Waals surface area (Å²) in [6.07, 6.45) is -8.87. The first kappa shape index (κ1) is 18.3. The van der Waals surface area contributed by atoms with Crippen LogP contribution < -0.4 is 0 Å². The Morgan fingerprint density at radius 3 is 1.17 bits per heavy atom. The topological polar surface area (TPSA) is 23.5 Å². The Morgan fingerprint density at radius 2 is 0.917 bits per heavy atom. The summed E-state index contributed by atoms with van der Waals surface area (Å²) in [7, 11) is 0. The van der Waals surface area contributed by atoms with Crippen LogP contribution in [-0.4, -0.2) is 10.3 Å². The lowest BCUT2D eigenvalue weighted by Gasteiger charge is -2.16. The van der Waals surface area contributed by atoms with Gasteiger partial charge in [0.1, 0.15) is 0 Å². The second-order valence-corrected chi connectivity index (χ2v) is 5.21. The molecule has 0 atom stereocenters. The largest absolute Gasteiger partial charge is 0.416 e. The molecule has 2 rings (SSSR count). The third kappa shape index (κ3) is 4.97. The van der Waals surface area contributed by atoms with Crippen LogP contribution in [0.4, 0.5) is 26.3 Å².